The number of hydrogen-bond donors (Lipinski definition) is 1. The summed E-state index contributed by atoms with van der Waals surface area (Å²) in [6, 6.07) is 12.2. The van der Waals surface area contributed by atoms with E-state index in [-0.39, 0.29) is 17.7 Å². The Morgan fingerprint density at radius 2 is 1.97 bits per heavy atom. The molecule has 1 aliphatic heterocycles. The highest BCUT2D eigenvalue weighted by molar-refractivity contribution is 7.20. The normalized spacial score (nSPS) is 14.8. The van der Waals surface area contributed by atoms with Gasteiger partial charge in [0.2, 0.25) is 0 Å². The number of amides is 2. The predicted octanol–water partition coefficient (Wildman–Crippen LogP) is 4.76. The van der Waals surface area contributed by atoms with Gasteiger partial charge in [0, 0.05) is 38.5 Å². The van der Waals surface area contributed by atoms with E-state index in [2.05, 4.69) is 22.4 Å². The number of rotatable bonds is 6. The van der Waals surface area contributed by atoms with Crippen molar-refractivity contribution in [2.75, 3.05) is 19.6 Å². The monoisotopic (exact) mass is 431 g/mol. The van der Waals surface area contributed by atoms with E-state index in [1.165, 1.54) is 11.6 Å². The van der Waals surface area contributed by atoms with Crippen LogP contribution in [0.4, 0.5) is 13.6 Å². The molecule has 2 aromatic carbocycles. The number of carbonyl (C=O) groups excluding carboxylic acids is 1. The zero-order valence-electron chi connectivity index (χ0n) is 16.4. The van der Waals surface area contributed by atoms with Crippen LogP contribution in [0.1, 0.15) is 24.8 Å². The molecular formula is C22H23F2N3O2S. The van der Waals surface area contributed by atoms with Gasteiger partial charge in [0.1, 0.15) is 17.4 Å². The minimum absolute atomic E-state index is 0.0564. The van der Waals surface area contributed by atoms with Gasteiger partial charge in [-0.1, -0.05) is 41.7 Å². The van der Waals surface area contributed by atoms with Crippen LogP contribution < -0.4 is 10.1 Å². The maximum absolute atomic E-state index is 13.8. The van der Waals surface area contributed by atoms with Crippen molar-refractivity contribution in [2.45, 2.75) is 31.8 Å². The number of aromatic nitrogens is 1. The molecule has 0 unspecified atom stereocenters. The fraction of sp³-hybridized carbons (Fsp3) is 0.364. The largest absolute Gasteiger partial charge is 0.467 e. The first-order chi connectivity index (χ1) is 14.6. The Hall–Kier alpha value is -2.74. The van der Waals surface area contributed by atoms with Crippen molar-refractivity contribution >= 4 is 27.6 Å². The number of benzene rings is 2. The van der Waals surface area contributed by atoms with E-state index in [1.807, 2.05) is 18.2 Å². The summed E-state index contributed by atoms with van der Waals surface area (Å²) in [5, 5.41) is 3.31. The van der Waals surface area contributed by atoms with Crippen LogP contribution in [0, 0.1) is 11.6 Å². The molecule has 3 aromatic rings. The predicted molar refractivity (Wildman–Crippen MR) is 113 cm³/mol. The number of halogens is 2. The molecule has 5 nitrogen and oxygen atoms in total. The standard InChI is InChI=1S/C22H23F2N3O2S/c23-16-13-18(24)20-19(14-16)30-22(26-20)29-17-8-11-27(12-9-17)21(28)25-10-4-7-15-5-2-1-3-6-15/h1-3,5-6,13-14,17H,4,7-12H2,(H,25,28). The maximum Gasteiger partial charge on any atom is 0.317 e. The molecular weight excluding hydrogens is 408 g/mol. The molecule has 0 atom stereocenters. The number of nitrogens with one attached hydrogen (secondary N) is 1. The lowest BCUT2D eigenvalue weighted by atomic mass is 10.1. The molecule has 2 heterocycles. The van der Waals surface area contributed by atoms with Crippen molar-refractivity contribution in [1.29, 1.82) is 0 Å². The van der Waals surface area contributed by atoms with Gasteiger partial charge in [-0.05, 0) is 24.5 Å². The van der Waals surface area contributed by atoms with Crippen LogP contribution in [0.25, 0.3) is 10.2 Å². The minimum atomic E-state index is -0.685. The van der Waals surface area contributed by atoms with Gasteiger partial charge in [-0.25, -0.2) is 13.6 Å². The fourth-order valence-corrected chi connectivity index (χ4v) is 4.47. The third-order valence-electron chi connectivity index (χ3n) is 5.15. The van der Waals surface area contributed by atoms with Crippen molar-refractivity contribution in [3.8, 4) is 5.19 Å². The summed E-state index contributed by atoms with van der Waals surface area (Å²) in [6.07, 6.45) is 3.07. The molecule has 1 saturated heterocycles. The molecule has 30 heavy (non-hydrogen) atoms. The van der Waals surface area contributed by atoms with Gasteiger partial charge in [-0.3, -0.25) is 0 Å². The van der Waals surface area contributed by atoms with E-state index in [0.717, 1.165) is 30.2 Å². The Labute approximate surface area is 177 Å². The highest BCUT2D eigenvalue weighted by Gasteiger charge is 2.25. The number of aryl methyl sites for hydroxylation is 1. The molecule has 2 amide bonds. The van der Waals surface area contributed by atoms with Crippen molar-refractivity contribution < 1.29 is 18.3 Å². The summed E-state index contributed by atoms with van der Waals surface area (Å²) in [4.78, 5) is 18.3. The number of likely N-dealkylation sites (tertiary alicyclic amines) is 1. The first kappa shape index (κ1) is 20.5. The SMILES string of the molecule is O=C(NCCCc1ccccc1)N1CCC(Oc2nc3c(F)cc(F)cc3s2)CC1. The average molecular weight is 432 g/mol. The van der Waals surface area contributed by atoms with Crippen LogP contribution in [0.2, 0.25) is 0 Å². The van der Waals surface area contributed by atoms with Crippen molar-refractivity contribution in [3.05, 3.63) is 59.7 Å². The first-order valence-electron chi connectivity index (χ1n) is 10.1. The van der Waals surface area contributed by atoms with Crippen LogP contribution >= 0.6 is 11.3 Å². The van der Waals surface area contributed by atoms with E-state index in [9.17, 15) is 13.6 Å². The van der Waals surface area contributed by atoms with Crippen LogP contribution in [0.3, 0.4) is 0 Å². The molecule has 4 rings (SSSR count). The van der Waals surface area contributed by atoms with E-state index in [4.69, 9.17) is 4.74 Å². The molecule has 1 fully saturated rings. The molecule has 158 valence electrons. The molecule has 0 saturated carbocycles. The van der Waals surface area contributed by atoms with E-state index in [0.29, 0.717) is 42.4 Å². The number of urea groups is 1. The number of nitrogens with zero attached hydrogens (tertiary/aromatic N) is 2. The summed E-state index contributed by atoms with van der Waals surface area (Å²) in [7, 11) is 0. The van der Waals surface area contributed by atoms with Crippen LogP contribution in [0.5, 0.6) is 5.19 Å². The Balaban J connectivity index is 1.21. The van der Waals surface area contributed by atoms with Crippen LogP contribution in [0.15, 0.2) is 42.5 Å². The highest BCUT2D eigenvalue weighted by Crippen LogP contribution is 2.31. The third kappa shape index (κ3) is 5.05. The number of fused-ring (bicyclic) bond motifs is 1. The molecule has 1 N–H and O–H groups in total. The summed E-state index contributed by atoms with van der Waals surface area (Å²) >= 11 is 1.13. The zero-order valence-corrected chi connectivity index (χ0v) is 17.3. The van der Waals surface area contributed by atoms with Gasteiger partial charge in [0.25, 0.3) is 5.19 Å². The molecule has 8 heteroatoms. The lowest BCUT2D eigenvalue weighted by molar-refractivity contribution is 0.111. The third-order valence-corrected chi connectivity index (χ3v) is 6.04. The van der Waals surface area contributed by atoms with Gasteiger partial charge < -0.3 is 15.0 Å². The lowest BCUT2D eigenvalue weighted by Gasteiger charge is -2.31. The Morgan fingerprint density at radius 3 is 2.73 bits per heavy atom. The highest BCUT2D eigenvalue weighted by atomic mass is 32.1. The van der Waals surface area contributed by atoms with Crippen LogP contribution in [-0.4, -0.2) is 41.7 Å². The van der Waals surface area contributed by atoms with Gasteiger partial charge in [0.15, 0.2) is 5.82 Å². The summed E-state index contributed by atoms with van der Waals surface area (Å²) < 4.78 is 33.4. The average Bonchev–Trinajstić information content (AvgIpc) is 3.15. The molecule has 0 radical (unpaired) electrons. The van der Waals surface area contributed by atoms with Gasteiger partial charge >= 0.3 is 6.03 Å². The second kappa shape index (κ2) is 9.38. The van der Waals surface area contributed by atoms with Gasteiger partial charge in [-0.2, -0.15) is 4.98 Å². The lowest BCUT2D eigenvalue weighted by Crippen LogP contribution is -2.46. The quantitative estimate of drug-likeness (QED) is 0.573. The molecule has 1 aliphatic rings. The van der Waals surface area contributed by atoms with E-state index < -0.39 is 11.6 Å². The second-order valence-electron chi connectivity index (χ2n) is 7.34. The van der Waals surface area contributed by atoms with E-state index in [1.54, 1.807) is 4.90 Å². The summed E-state index contributed by atoms with van der Waals surface area (Å²) in [6.45, 7) is 1.81. The molecule has 0 spiro atoms. The maximum atomic E-state index is 13.8. The molecule has 0 aliphatic carbocycles. The number of ether oxygens (including phenoxy) is 1. The van der Waals surface area contributed by atoms with Crippen molar-refractivity contribution in [2.24, 2.45) is 0 Å². The number of thiazole rings is 1. The summed E-state index contributed by atoms with van der Waals surface area (Å²) in [5.41, 5.74) is 1.39. The second-order valence-corrected chi connectivity index (χ2v) is 8.33. The fourth-order valence-electron chi connectivity index (χ4n) is 3.55. The smallest absolute Gasteiger partial charge is 0.317 e. The minimum Gasteiger partial charge on any atom is -0.467 e. The van der Waals surface area contributed by atoms with E-state index >= 15 is 0 Å². The topological polar surface area (TPSA) is 54.5 Å². The van der Waals surface area contributed by atoms with Gasteiger partial charge in [0.05, 0.1) is 4.70 Å². The van der Waals surface area contributed by atoms with Crippen molar-refractivity contribution in [3.63, 3.8) is 0 Å². The van der Waals surface area contributed by atoms with Crippen molar-refractivity contribution in [1.82, 2.24) is 15.2 Å². The Bertz CT molecular complexity index is 1000. The van der Waals surface area contributed by atoms with Crippen LogP contribution in [-0.2, 0) is 6.42 Å². The first-order valence-corrected chi connectivity index (χ1v) is 10.9. The Morgan fingerprint density at radius 1 is 1.20 bits per heavy atom. The molecule has 1 aromatic heterocycles. The Kier molecular flexibility index (Phi) is 6.42. The molecule has 0 bridgehead atoms. The number of piperidine rings is 1. The zero-order chi connectivity index (χ0) is 20.9. The number of carbonyl (C=O) groups is 1. The van der Waals surface area contributed by atoms with Gasteiger partial charge in [-0.15, -0.1) is 0 Å². The number of hydrogen-bond acceptors (Lipinski definition) is 4. The summed E-state index contributed by atoms with van der Waals surface area (Å²) in [5.74, 6) is -1.31.